The summed E-state index contributed by atoms with van der Waals surface area (Å²) in [5.74, 6) is 0.756. The number of hydrogen-bond donors (Lipinski definition) is 3. The van der Waals surface area contributed by atoms with Crippen molar-refractivity contribution in [2.75, 3.05) is 16.9 Å². The SMILES string of the molecule is NC(=O)c1ccc(Cl)c(NC(=O)C2CSCN2)c1. The van der Waals surface area contributed by atoms with Gasteiger partial charge in [0, 0.05) is 17.2 Å². The first-order valence-corrected chi connectivity index (χ1v) is 6.82. The molecule has 1 fully saturated rings. The van der Waals surface area contributed by atoms with Gasteiger partial charge in [-0.05, 0) is 18.2 Å². The van der Waals surface area contributed by atoms with Crippen LogP contribution in [0.15, 0.2) is 18.2 Å². The van der Waals surface area contributed by atoms with Gasteiger partial charge in [0.25, 0.3) is 0 Å². The van der Waals surface area contributed by atoms with E-state index in [0.717, 1.165) is 11.6 Å². The van der Waals surface area contributed by atoms with E-state index in [1.165, 1.54) is 18.2 Å². The summed E-state index contributed by atoms with van der Waals surface area (Å²) in [5.41, 5.74) is 5.88. The molecule has 1 saturated heterocycles. The van der Waals surface area contributed by atoms with Gasteiger partial charge in [0.1, 0.15) is 0 Å². The molecule has 4 N–H and O–H groups in total. The number of nitrogens with one attached hydrogen (secondary N) is 2. The molecule has 7 heteroatoms. The number of carbonyl (C=O) groups excluding carboxylic acids is 2. The molecule has 5 nitrogen and oxygen atoms in total. The summed E-state index contributed by atoms with van der Waals surface area (Å²) < 4.78 is 0. The first kappa shape index (κ1) is 13.2. The van der Waals surface area contributed by atoms with Gasteiger partial charge in [0.05, 0.1) is 16.8 Å². The van der Waals surface area contributed by atoms with Crippen molar-refractivity contribution >= 4 is 40.9 Å². The molecule has 1 atom stereocenters. The summed E-state index contributed by atoms with van der Waals surface area (Å²) >= 11 is 7.61. The number of nitrogens with two attached hydrogens (primary N) is 1. The topological polar surface area (TPSA) is 84.2 Å². The number of halogens is 1. The second-order valence-electron chi connectivity index (χ2n) is 3.82. The Bertz CT molecular complexity index is 489. The lowest BCUT2D eigenvalue weighted by Crippen LogP contribution is -2.37. The predicted octanol–water partition coefficient (Wildman–Crippen LogP) is 1.04. The number of amides is 2. The molecule has 0 bridgehead atoms. The van der Waals surface area contributed by atoms with Crippen molar-refractivity contribution < 1.29 is 9.59 Å². The smallest absolute Gasteiger partial charge is 0.248 e. The number of primary amides is 1. The minimum atomic E-state index is -0.559. The molecule has 18 heavy (non-hydrogen) atoms. The van der Waals surface area contributed by atoms with Gasteiger partial charge in [-0.3, -0.25) is 14.9 Å². The zero-order chi connectivity index (χ0) is 13.1. The Hall–Kier alpha value is -1.24. The molecule has 0 aliphatic carbocycles. The van der Waals surface area contributed by atoms with Crippen LogP contribution >= 0.6 is 23.4 Å². The quantitative estimate of drug-likeness (QED) is 0.775. The number of hydrogen-bond acceptors (Lipinski definition) is 4. The van der Waals surface area contributed by atoms with Crippen molar-refractivity contribution in [1.29, 1.82) is 0 Å². The van der Waals surface area contributed by atoms with E-state index in [-0.39, 0.29) is 11.9 Å². The van der Waals surface area contributed by atoms with Crippen molar-refractivity contribution in [3.05, 3.63) is 28.8 Å². The maximum atomic E-state index is 11.9. The van der Waals surface area contributed by atoms with Crippen LogP contribution in [0.4, 0.5) is 5.69 Å². The van der Waals surface area contributed by atoms with Gasteiger partial charge in [-0.1, -0.05) is 11.6 Å². The van der Waals surface area contributed by atoms with Crippen LogP contribution in [0.25, 0.3) is 0 Å². The molecule has 0 radical (unpaired) electrons. The molecule has 2 amide bonds. The van der Waals surface area contributed by atoms with Crippen LogP contribution in [-0.2, 0) is 4.79 Å². The number of benzene rings is 1. The third-order valence-electron chi connectivity index (χ3n) is 2.54. The second-order valence-corrected chi connectivity index (χ2v) is 5.26. The minimum Gasteiger partial charge on any atom is -0.366 e. The lowest BCUT2D eigenvalue weighted by atomic mass is 10.2. The fourth-order valence-corrected chi connectivity index (χ4v) is 2.66. The average molecular weight is 286 g/mol. The molecule has 2 rings (SSSR count). The van der Waals surface area contributed by atoms with E-state index < -0.39 is 5.91 Å². The first-order chi connectivity index (χ1) is 8.58. The summed E-state index contributed by atoms with van der Waals surface area (Å²) in [6.07, 6.45) is 0. The zero-order valence-electron chi connectivity index (χ0n) is 9.40. The Morgan fingerprint density at radius 1 is 1.50 bits per heavy atom. The van der Waals surface area contributed by atoms with Crippen molar-refractivity contribution in [1.82, 2.24) is 5.32 Å². The Kier molecular flexibility index (Phi) is 4.11. The summed E-state index contributed by atoms with van der Waals surface area (Å²) in [6.45, 7) is 0. The maximum absolute atomic E-state index is 11.9. The van der Waals surface area contributed by atoms with Crippen molar-refractivity contribution in [3.63, 3.8) is 0 Å². The number of rotatable bonds is 3. The fourth-order valence-electron chi connectivity index (χ4n) is 1.56. The Morgan fingerprint density at radius 2 is 2.28 bits per heavy atom. The number of anilines is 1. The van der Waals surface area contributed by atoms with Crippen LogP contribution in [-0.4, -0.2) is 29.5 Å². The van der Waals surface area contributed by atoms with Gasteiger partial charge in [-0.25, -0.2) is 0 Å². The fraction of sp³-hybridized carbons (Fsp3) is 0.273. The van der Waals surface area contributed by atoms with Gasteiger partial charge in [-0.15, -0.1) is 11.8 Å². The van der Waals surface area contributed by atoms with E-state index in [0.29, 0.717) is 16.3 Å². The van der Waals surface area contributed by atoms with Gasteiger partial charge >= 0.3 is 0 Å². The van der Waals surface area contributed by atoms with Crippen LogP contribution < -0.4 is 16.4 Å². The van der Waals surface area contributed by atoms with Gasteiger partial charge in [0.15, 0.2) is 0 Å². The molecule has 1 aromatic rings. The van der Waals surface area contributed by atoms with Gasteiger partial charge in [-0.2, -0.15) is 0 Å². The predicted molar refractivity (Wildman–Crippen MR) is 72.8 cm³/mol. The summed E-state index contributed by atoms with van der Waals surface area (Å²) in [5, 5.41) is 6.12. The molecule has 0 saturated carbocycles. The van der Waals surface area contributed by atoms with Crippen LogP contribution in [0, 0.1) is 0 Å². The zero-order valence-corrected chi connectivity index (χ0v) is 11.0. The monoisotopic (exact) mass is 285 g/mol. The van der Waals surface area contributed by atoms with E-state index in [4.69, 9.17) is 17.3 Å². The lowest BCUT2D eigenvalue weighted by molar-refractivity contribution is -0.117. The molecule has 1 aliphatic rings. The standard InChI is InChI=1S/C11H12ClN3O2S/c12-7-2-1-6(10(13)16)3-8(7)15-11(17)9-4-18-5-14-9/h1-3,9,14H,4-5H2,(H2,13,16)(H,15,17). The van der Waals surface area contributed by atoms with E-state index >= 15 is 0 Å². The molecule has 0 aromatic heterocycles. The molecular formula is C11H12ClN3O2S. The van der Waals surface area contributed by atoms with Crippen LogP contribution in [0.3, 0.4) is 0 Å². The van der Waals surface area contributed by atoms with E-state index in [9.17, 15) is 9.59 Å². The highest BCUT2D eigenvalue weighted by Crippen LogP contribution is 2.23. The average Bonchev–Trinajstić information content (AvgIpc) is 2.85. The Morgan fingerprint density at radius 3 is 2.89 bits per heavy atom. The van der Waals surface area contributed by atoms with Crippen molar-refractivity contribution in [3.8, 4) is 0 Å². The summed E-state index contributed by atoms with van der Waals surface area (Å²) in [4.78, 5) is 22.9. The van der Waals surface area contributed by atoms with Crippen molar-refractivity contribution in [2.45, 2.75) is 6.04 Å². The third-order valence-corrected chi connectivity index (χ3v) is 3.81. The molecule has 1 aliphatic heterocycles. The molecule has 1 aromatic carbocycles. The van der Waals surface area contributed by atoms with E-state index in [2.05, 4.69) is 10.6 Å². The molecule has 0 spiro atoms. The Balaban J connectivity index is 2.14. The normalized spacial score (nSPS) is 18.6. The largest absolute Gasteiger partial charge is 0.366 e. The number of carbonyl (C=O) groups is 2. The van der Waals surface area contributed by atoms with Crippen molar-refractivity contribution in [2.24, 2.45) is 5.73 Å². The third kappa shape index (κ3) is 2.95. The minimum absolute atomic E-state index is 0.163. The Labute approximate surface area is 113 Å². The number of thioether (sulfide) groups is 1. The first-order valence-electron chi connectivity index (χ1n) is 5.29. The molecule has 1 heterocycles. The van der Waals surface area contributed by atoms with Gasteiger partial charge < -0.3 is 11.1 Å². The lowest BCUT2D eigenvalue weighted by Gasteiger charge is -2.12. The maximum Gasteiger partial charge on any atom is 0.248 e. The highest BCUT2D eigenvalue weighted by molar-refractivity contribution is 7.99. The molecule has 1 unspecified atom stereocenters. The van der Waals surface area contributed by atoms with Crippen LogP contribution in [0.5, 0.6) is 0 Å². The summed E-state index contributed by atoms with van der Waals surface area (Å²) in [6, 6.07) is 4.30. The van der Waals surface area contributed by atoms with E-state index in [1.54, 1.807) is 11.8 Å². The van der Waals surface area contributed by atoms with Gasteiger partial charge in [0.2, 0.25) is 11.8 Å². The van der Waals surface area contributed by atoms with Crippen LogP contribution in [0.1, 0.15) is 10.4 Å². The second kappa shape index (κ2) is 5.60. The highest BCUT2D eigenvalue weighted by Gasteiger charge is 2.23. The summed E-state index contributed by atoms with van der Waals surface area (Å²) in [7, 11) is 0. The molecular weight excluding hydrogens is 274 g/mol. The molecule has 96 valence electrons. The van der Waals surface area contributed by atoms with Crippen LogP contribution in [0.2, 0.25) is 5.02 Å². The highest BCUT2D eigenvalue weighted by atomic mass is 35.5. The van der Waals surface area contributed by atoms with E-state index in [1.807, 2.05) is 0 Å².